The van der Waals surface area contributed by atoms with Crippen molar-refractivity contribution >= 4 is 17.6 Å². The van der Waals surface area contributed by atoms with Crippen molar-refractivity contribution in [2.24, 2.45) is 5.92 Å². The second-order valence-electron chi connectivity index (χ2n) is 4.81. The zero-order chi connectivity index (χ0) is 15.8. The molecule has 5 nitrogen and oxygen atoms in total. The molecule has 0 aliphatic carbocycles. The molecule has 0 spiro atoms. The van der Waals surface area contributed by atoms with Crippen LogP contribution in [-0.4, -0.2) is 23.5 Å². The molecule has 1 aromatic rings. The van der Waals surface area contributed by atoms with E-state index >= 15 is 0 Å². The first-order chi connectivity index (χ1) is 10.0. The average Bonchev–Trinajstić information content (AvgIpc) is 2.48. The van der Waals surface area contributed by atoms with E-state index in [0.29, 0.717) is 24.1 Å². The van der Waals surface area contributed by atoms with Crippen LogP contribution in [-0.2, 0) is 9.59 Å². The number of hydrogen-bond donors (Lipinski definition) is 1. The predicted octanol–water partition coefficient (Wildman–Crippen LogP) is 2.80. The molecule has 0 atom stereocenters. The molecule has 0 unspecified atom stereocenters. The Morgan fingerprint density at radius 2 is 2.00 bits per heavy atom. The zero-order valence-corrected chi connectivity index (χ0v) is 12.4. The van der Waals surface area contributed by atoms with Gasteiger partial charge in [-0.3, -0.25) is 9.59 Å². The van der Waals surface area contributed by atoms with Crippen molar-refractivity contribution in [1.82, 2.24) is 0 Å². The van der Waals surface area contributed by atoms with Crippen molar-refractivity contribution in [1.29, 1.82) is 5.26 Å². The fraction of sp³-hybridized carbons (Fsp3) is 0.438. The number of rotatable bonds is 7. The standard InChI is InChI=1S/C16H20N2O3/c1-3-13(4-2)16(21)18(9-8-15(19)20)14-7-5-6-12(10-14)11-17/h5-7,10,13H,3-4,8-9H2,1-2H3,(H,19,20). The Kier molecular flexibility index (Phi) is 6.41. The van der Waals surface area contributed by atoms with Gasteiger partial charge in [0.05, 0.1) is 18.1 Å². The van der Waals surface area contributed by atoms with E-state index in [2.05, 4.69) is 0 Å². The van der Waals surface area contributed by atoms with Crippen LogP contribution in [0.5, 0.6) is 0 Å². The summed E-state index contributed by atoms with van der Waals surface area (Å²) in [5.74, 6) is -1.17. The van der Waals surface area contributed by atoms with Crippen molar-refractivity contribution < 1.29 is 14.7 Å². The molecule has 0 aromatic heterocycles. The van der Waals surface area contributed by atoms with Crippen LogP contribution in [0.3, 0.4) is 0 Å². The van der Waals surface area contributed by atoms with E-state index in [-0.39, 0.29) is 24.8 Å². The maximum absolute atomic E-state index is 12.6. The Hall–Kier alpha value is -2.35. The first-order valence-corrected chi connectivity index (χ1v) is 7.06. The van der Waals surface area contributed by atoms with Gasteiger partial charge in [-0.2, -0.15) is 5.26 Å². The van der Waals surface area contributed by atoms with Gasteiger partial charge >= 0.3 is 5.97 Å². The fourth-order valence-corrected chi connectivity index (χ4v) is 2.18. The topological polar surface area (TPSA) is 81.4 Å². The maximum Gasteiger partial charge on any atom is 0.305 e. The molecular formula is C16H20N2O3. The molecule has 1 amide bonds. The molecule has 0 heterocycles. The van der Waals surface area contributed by atoms with E-state index in [1.54, 1.807) is 24.3 Å². The van der Waals surface area contributed by atoms with Gasteiger partial charge in [0, 0.05) is 18.2 Å². The van der Waals surface area contributed by atoms with Crippen LogP contribution in [0.15, 0.2) is 24.3 Å². The van der Waals surface area contributed by atoms with Crippen molar-refractivity contribution in [2.45, 2.75) is 33.1 Å². The minimum absolute atomic E-state index is 0.0867. The molecule has 112 valence electrons. The lowest BCUT2D eigenvalue weighted by Crippen LogP contribution is -2.37. The first-order valence-electron chi connectivity index (χ1n) is 7.06. The minimum atomic E-state index is -0.950. The van der Waals surface area contributed by atoms with E-state index in [1.165, 1.54) is 4.90 Å². The van der Waals surface area contributed by atoms with E-state index in [0.717, 1.165) is 0 Å². The summed E-state index contributed by atoms with van der Waals surface area (Å²) < 4.78 is 0. The third-order valence-electron chi connectivity index (χ3n) is 3.44. The highest BCUT2D eigenvalue weighted by Crippen LogP contribution is 2.21. The Morgan fingerprint density at radius 1 is 1.33 bits per heavy atom. The number of benzene rings is 1. The normalized spacial score (nSPS) is 10.2. The second-order valence-corrected chi connectivity index (χ2v) is 4.81. The summed E-state index contributed by atoms with van der Waals surface area (Å²) >= 11 is 0. The van der Waals surface area contributed by atoms with Gasteiger partial charge in [0.1, 0.15) is 0 Å². The lowest BCUT2D eigenvalue weighted by molar-refractivity contribution is -0.136. The smallest absolute Gasteiger partial charge is 0.305 e. The van der Waals surface area contributed by atoms with Gasteiger partial charge in [0.2, 0.25) is 5.91 Å². The molecule has 0 saturated carbocycles. The van der Waals surface area contributed by atoms with Crippen molar-refractivity contribution in [3.63, 3.8) is 0 Å². The van der Waals surface area contributed by atoms with E-state index in [9.17, 15) is 9.59 Å². The van der Waals surface area contributed by atoms with Crippen LogP contribution in [0, 0.1) is 17.2 Å². The highest BCUT2D eigenvalue weighted by atomic mass is 16.4. The summed E-state index contributed by atoms with van der Waals surface area (Å²) in [7, 11) is 0. The molecular weight excluding hydrogens is 268 g/mol. The van der Waals surface area contributed by atoms with E-state index in [4.69, 9.17) is 10.4 Å². The fourth-order valence-electron chi connectivity index (χ4n) is 2.18. The quantitative estimate of drug-likeness (QED) is 0.836. The Morgan fingerprint density at radius 3 is 2.52 bits per heavy atom. The predicted molar refractivity (Wildman–Crippen MR) is 79.8 cm³/mol. The minimum Gasteiger partial charge on any atom is -0.481 e. The van der Waals surface area contributed by atoms with Gasteiger partial charge in [0.15, 0.2) is 0 Å². The number of carboxylic acid groups (broad SMARTS) is 1. The van der Waals surface area contributed by atoms with Gasteiger partial charge in [-0.15, -0.1) is 0 Å². The largest absolute Gasteiger partial charge is 0.481 e. The Labute approximate surface area is 124 Å². The second kappa shape index (κ2) is 8.05. The number of carbonyl (C=O) groups is 2. The zero-order valence-electron chi connectivity index (χ0n) is 12.4. The van der Waals surface area contributed by atoms with Gasteiger partial charge in [-0.25, -0.2) is 0 Å². The van der Waals surface area contributed by atoms with Gasteiger partial charge in [-0.05, 0) is 31.0 Å². The van der Waals surface area contributed by atoms with Gasteiger partial charge in [0.25, 0.3) is 0 Å². The molecule has 0 aliphatic rings. The summed E-state index contributed by atoms with van der Waals surface area (Å²) in [6.07, 6.45) is 1.29. The van der Waals surface area contributed by atoms with Crippen LogP contribution < -0.4 is 4.90 Å². The molecule has 0 bridgehead atoms. The summed E-state index contributed by atoms with van der Waals surface area (Å²) in [4.78, 5) is 24.8. The van der Waals surface area contributed by atoms with Crippen LogP contribution >= 0.6 is 0 Å². The van der Waals surface area contributed by atoms with Crippen molar-refractivity contribution in [2.75, 3.05) is 11.4 Å². The number of aliphatic carboxylic acids is 1. The van der Waals surface area contributed by atoms with E-state index in [1.807, 2.05) is 19.9 Å². The number of nitriles is 1. The number of anilines is 1. The Balaban J connectivity index is 3.08. The first kappa shape index (κ1) is 16.7. The SMILES string of the molecule is CCC(CC)C(=O)N(CCC(=O)O)c1cccc(C#N)c1. The average molecular weight is 288 g/mol. The van der Waals surface area contributed by atoms with E-state index < -0.39 is 5.97 Å². The monoisotopic (exact) mass is 288 g/mol. The van der Waals surface area contributed by atoms with Crippen LogP contribution in [0.4, 0.5) is 5.69 Å². The molecule has 1 N–H and O–H groups in total. The third-order valence-corrected chi connectivity index (χ3v) is 3.44. The third kappa shape index (κ3) is 4.60. The Bertz CT molecular complexity index is 545. The number of carbonyl (C=O) groups excluding carboxylic acids is 1. The molecule has 0 aliphatic heterocycles. The highest BCUT2D eigenvalue weighted by molar-refractivity contribution is 5.95. The summed E-state index contributed by atoms with van der Waals surface area (Å²) in [5, 5.41) is 17.8. The van der Waals surface area contributed by atoms with Gasteiger partial charge < -0.3 is 10.0 Å². The number of hydrogen-bond acceptors (Lipinski definition) is 3. The molecule has 21 heavy (non-hydrogen) atoms. The summed E-state index contributed by atoms with van der Waals surface area (Å²) in [6.45, 7) is 3.99. The number of carboxylic acids is 1. The molecule has 0 fully saturated rings. The van der Waals surface area contributed by atoms with Crippen LogP contribution in [0.25, 0.3) is 0 Å². The maximum atomic E-state index is 12.6. The van der Waals surface area contributed by atoms with Crippen LogP contribution in [0.2, 0.25) is 0 Å². The number of nitrogens with zero attached hydrogens (tertiary/aromatic N) is 2. The highest BCUT2D eigenvalue weighted by Gasteiger charge is 2.23. The molecule has 1 aromatic carbocycles. The van der Waals surface area contributed by atoms with Crippen molar-refractivity contribution in [3.05, 3.63) is 29.8 Å². The molecule has 5 heteroatoms. The molecule has 0 radical (unpaired) electrons. The van der Waals surface area contributed by atoms with Gasteiger partial charge in [-0.1, -0.05) is 19.9 Å². The molecule has 0 saturated heterocycles. The lowest BCUT2D eigenvalue weighted by atomic mass is 10.0. The molecule has 1 rings (SSSR count). The summed E-state index contributed by atoms with van der Waals surface area (Å²) in [5.41, 5.74) is 1.03. The lowest BCUT2D eigenvalue weighted by Gasteiger charge is -2.26. The van der Waals surface area contributed by atoms with Crippen LogP contribution in [0.1, 0.15) is 38.7 Å². The summed E-state index contributed by atoms with van der Waals surface area (Å²) in [6, 6.07) is 8.72. The number of amides is 1. The van der Waals surface area contributed by atoms with Crippen molar-refractivity contribution in [3.8, 4) is 6.07 Å².